The van der Waals surface area contributed by atoms with Crippen LogP contribution >= 0.6 is 11.6 Å². The van der Waals surface area contributed by atoms with Crippen molar-refractivity contribution >= 4 is 17.5 Å². The highest BCUT2D eigenvalue weighted by Gasteiger charge is 2.17. The molecule has 0 spiro atoms. The van der Waals surface area contributed by atoms with Gasteiger partial charge < -0.3 is 9.84 Å². The van der Waals surface area contributed by atoms with Gasteiger partial charge in [0.05, 0.1) is 17.8 Å². The van der Waals surface area contributed by atoms with E-state index >= 15 is 0 Å². The summed E-state index contributed by atoms with van der Waals surface area (Å²) in [6.45, 7) is 5.86. The fraction of sp³-hybridized carbons (Fsp3) is 0.500. The van der Waals surface area contributed by atoms with Crippen LogP contribution in [0.2, 0.25) is 5.02 Å². The number of hydrogen-bond acceptors (Lipinski definition) is 5. The Kier molecular flexibility index (Phi) is 4.39. The van der Waals surface area contributed by atoms with Crippen LogP contribution in [0, 0.1) is 0 Å². The predicted octanol–water partition coefficient (Wildman–Crippen LogP) is 1.92. The van der Waals surface area contributed by atoms with Crippen LogP contribution in [0.1, 0.15) is 44.4 Å². The van der Waals surface area contributed by atoms with E-state index in [9.17, 15) is 4.79 Å². The number of carbonyl (C=O) groups excluding carboxylic acids is 1. The van der Waals surface area contributed by atoms with Gasteiger partial charge in [0, 0.05) is 12.1 Å². The Morgan fingerprint density at radius 1 is 1.50 bits per heavy atom. The molecule has 0 aliphatic rings. The van der Waals surface area contributed by atoms with Gasteiger partial charge in [0.25, 0.3) is 0 Å². The van der Waals surface area contributed by atoms with Gasteiger partial charge in [0.2, 0.25) is 11.8 Å². The van der Waals surface area contributed by atoms with Crippen LogP contribution in [0.3, 0.4) is 0 Å². The minimum Gasteiger partial charge on any atom is -0.347 e. The molecule has 2 rings (SSSR count). The lowest BCUT2D eigenvalue weighted by Gasteiger charge is -2.11. The van der Waals surface area contributed by atoms with E-state index in [1.165, 1.54) is 10.9 Å². The molecule has 0 fully saturated rings. The normalized spacial score (nSPS) is 12.7. The van der Waals surface area contributed by atoms with Crippen molar-refractivity contribution in [3.8, 4) is 0 Å². The van der Waals surface area contributed by atoms with Crippen molar-refractivity contribution in [2.75, 3.05) is 0 Å². The number of nitrogens with zero attached hydrogens (tertiary/aromatic N) is 4. The minimum atomic E-state index is -0.459. The lowest BCUT2D eigenvalue weighted by atomic mass is 10.2. The van der Waals surface area contributed by atoms with E-state index in [0.717, 1.165) is 0 Å². The molecule has 7 nitrogen and oxygen atoms in total. The molecule has 1 atom stereocenters. The maximum absolute atomic E-state index is 12.0. The molecule has 0 aromatic carbocycles. The zero-order chi connectivity index (χ0) is 14.7. The van der Waals surface area contributed by atoms with Crippen molar-refractivity contribution in [2.24, 2.45) is 0 Å². The first-order chi connectivity index (χ1) is 9.47. The molecule has 108 valence electrons. The first-order valence-electron chi connectivity index (χ1n) is 6.27. The van der Waals surface area contributed by atoms with Crippen molar-refractivity contribution in [2.45, 2.75) is 39.3 Å². The van der Waals surface area contributed by atoms with E-state index in [4.69, 9.17) is 16.1 Å². The molecule has 2 aromatic heterocycles. The van der Waals surface area contributed by atoms with Gasteiger partial charge in [-0.15, -0.1) is 0 Å². The van der Waals surface area contributed by atoms with E-state index in [2.05, 4.69) is 20.6 Å². The van der Waals surface area contributed by atoms with Crippen LogP contribution in [-0.4, -0.2) is 25.8 Å². The molecule has 0 saturated carbocycles. The molecule has 1 amide bonds. The van der Waals surface area contributed by atoms with E-state index in [1.54, 1.807) is 13.1 Å². The summed E-state index contributed by atoms with van der Waals surface area (Å²) in [5.74, 6) is 0.978. The van der Waals surface area contributed by atoms with Gasteiger partial charge in [-0.3, -0.25) is 9.48 Å². The summed E-state index contributed by atoms with van der Waals surface area (Å²) in [5, 5.41) is 11.0. The zero-order valence-corrected chi connectivity index (χ0v) is 12.3. The Bertz CT molecular complexity index is 592. The molecule has 0 unspecified atom stereocenters. The van der Waals surface area contributed by atoms with Gasteiger partial charge in [-0.25, -0.2) is 0 Å². The third-order valence-electron chi connectivity index (χ3n) is 2.74. The topological polar surface area (TPSA) is 85.8 Å². The second-order valence-corrected chi connectivity index (χ2v) is 5.17. The van der Waals surface area contributed by atoms with Crippen molar-refractivity contribution in [3.63, 3.8) is 0 Å². The lowest BCUT2D eigenvalue weighted by molar-refractivity contribution is -0.124. The van der Waals surface area contributed by atoms with E-state index in [-0.39, 0.29) is 18.4 Å². The molecular weight excluding hydrogens is 282 g/mol. The van der Waals surface area contributed by atoms with Crippen molar-refractivity contribution in [3.05, 3.63) is 29.1 Å². The monoisotopic (exact) mass is 297 g/mol. The van der Waals surface area contributed by atoms with Crippen LogP contribution in [-0.2, 0) is 11.3 Å². The van der Waals surface area contributed by atoms with Crippen molar-refractivity contribution in [1.29, 1.82) is 0 Å². The number of nitrogens with one attached hydrogen (secondary N) is 1. The van der Waals surface area contributed by atoms with Crippen LogP contribution < -0.4 is 5.32 Å². The van der Waals surface area contributed by atoms with E-state index in [1.807, 2.05) is 13.8 Å². The van der Waals surface area contributed by atoms with Crippen LogP contribution in [0.25, 0.3) is 0 Å². The average Bonchev–Trinajstić information content (AvgIpc) is 3.03. The Balaban J connectivity index is 1.91. The van der Waals surface area contributed by atoms with Crippen molar-refractivity contribution in [1.82, 2.24) is 25.2 Å². The quantitative estimate of drug-likeness (QED) is 0.911. The predicted molar refractivity (Wildman–Crippen MR) is 72.2 cm³/mol. The summed E-state index contributed by atoms with van der Waals surface area (Å²) in [6.07, 6.45) is 3.08. The molecule has 1 N–H and O–H groups in total. The largest absolute Gasteiger partial charge is 0.347 e. The second kappa shape index (κ2) is 6.04. The Hall–Kier alpha value is -1.89. The van der Waals surface area contributed by atoms with E-state index < -0.39 is 6.04 Å². The van der Waals surface area contributed by atoms with Crippen LogP contribution in [0.4, 0.5) is 0 Å². The maximum atomic E-state index is 12.0. The molecular formula is C12H16ClN5O2. The standard InChI is InChI=1S/C12H16ClN5O2/c1-7(2)12-16-10(17-20-12)5-14-11(19)8(3)18-6-9(13)4-15-18/h4,6-8H,5H2,1-3H3,(H,14,19)/t8-/m1/s1. The lowest BCUT2D eigenvalue weighted by Crippen LogP contribution is -2.31. The summed E-state index contributed by atoms with van der Waals surface area (Å²) in [7, 11) is 0. The first-order valence-corrected chi connectivity index (χ1v) is 6.65. The van der Waals surface area contributed by atoms with Gasteiger partial charge in [0.1, 0.15) is 6.04 Å². The Labute approximate surface area is 121 Å². The number of halogens is 1. The molecule has 20 heavy (non-hydrogen) atoms. The third-order valence-corrected chi connectivity index (χ3v) is 2.94. The Morgan fingerprint density at radius 3 is 2.80 bits per heavy atom. The maximum Gasteiger partial charge on any atom is 0.244 e. The molecule has 0 aliphatic heterocycles. The smallest absolute Gasteiger partial charge is 0.244 e. The fourth-order valence-electron chi connectivity index (χ4n) is 1.53. The highest BCUT2D eigenvalue weighted by Crippen LogP contribution is 2.12. The summed E-state index contributed by atoms with van der Waals surface area (Å²) >= 11 is 5.77. The Morgan fingerprint density at radius 2 is 2.25 bits per heavy atom. The van der Waals surface area contributed by atoms with E-state index in [0.29, 0.717) is 16.7 Å². The summed E-state index contributed by atoms with van der Waals surface area (Å²) < 4.78 is 6.55. The fourth-order valence-corrected chi connectivity index (χ4v) is 1.68. The molecule has 0 radical (unpaired) electrons. The first kappa shape index (κ1) is 14.5. The van der Waals surface area contributed by atoms with Gasteiger partial charge in [-0.2, -0.15) is 10.1 Å². The SMILES string of the molecule is CC(C)c1nc(CNC(=O)[C@@H](C)n2cc(Cl)cn2)no1. The minimum absolute atomic E-state index is 0.164. The summed E-state index contributed by atoms with van der Waals surface area (Å²) in [5.41, 5.74) is 0. The van der Waals surface area contributed by atoms with Crippen LogP contribution in [0.15, 0.2) is 16.9 Å². The molecule has 0 saturated heterocycles. The molecule has 0 bridgehead atoms. The van der Waals surface area contributed by atoms with Gasteiger partial charge >= 0.3 is 0 Å². The number of amides is 1. The zero-order valence-electron chi connectivity index (χ0n) is 11.5. The second-order valence-electron chi connectivity index (χ2n) is 4.74. The highest BCUT2D eigenvalue weighted by atomic mass is 35.5. The molecule has 2 aromatic rings. The number of rotatable bonds is 5. The highest BCUT2D eigenvalue weighted by molar-refractivity contribution is 6.30. The molecule has 2 heterocycles. The van der Waals surface area contributed by atoms with Gasteiger partial charge in [-0.1, -0.05) is 30.6 Å². The molecule has 8 heteroatoms. The summed E-state index contributed by atoms with van der Waals surface area (Å²) in [4.78, 5) is 16.1. The number of aromatic nitrogens is 4. The van der Waals surface area contributed by atoms with Gasteiger partial charge in [0.15, 0.2) is 5.82 Å². The number of carbonyl (C=O) groups is 1. The average molecular weight is 298 g/mol. The van der Waals surface area contributed by atoms with Gasteiger partial charge in [-0.05, 0) is 6.92 Å². The third kappa shape index (κ3) is 3.36. The summed E-state index contributed by atoms with van der Waals surface area (Å²) in [6, 6.07) is -0.459. The number of hydrogen-bond donors (Lipinski definition) is 1. The van der Waals surface area contributed by atoms with Crippen LogP contribution in [0.5, 0.6) is 0 Å². The van der Waals surface area contributed by atoms with Crippen molar-refractivity contribution < 1.29 is 9.32 Å². The molecule has 0 aliphatic carbocycles.